The van der Waals surface area contributed by atoms with Crippen molar-refractivity contribution in [1.82, 2.24) is 0 Å². The van der Waals surface area contributed by atoms with Crippen molar-refractivity contribution in [3.05, 3.63) is 0 Å². The summed E-state index contributed by atoms with van der Waals surface area (Å²) in [6.07, 6.45) is 0. The van der Waals surface area contributed by atoms with Crippen molar-refractivity contribution >= 4 is 27.4 Å². The number of hydrogen-bond acceptors (Lipinski definition) is 2. The molecule has 0 radical (unpaired) electrons. The van der Waals surface area contributed by atoms with E-state index < -0.39 is 5.25 Å². The maximum Gasteiger partial charge on any atom is 0.244 e. The summed E-state index contributed by atoms with van der Waals surface area (Å²) in [5, 5.41) is -0.944. The first-order valence-electron chi connectivity index (χ1n) is 4.60. The van der Waals surface area contributed by atoms with E-state index in [2.05, 4.69) is 49.5 Å². The molecule has 102 valence electrons. The van der Waals surface area contributed by atoms with E-state index in [-0.39, 0.29) is 21.1 Å². The fourth-order valence-corrected chi connectivity index (χ4v) is 0.0833. The third kappa shape index (κ3) is 57.0. The van der Waals surface area contributed by atoms with E-state index in [1.807, 2.05) is 0 Å². The van der Waals surface area contributed by atoms with Crippen LogP contribution in [0.4, 0.5) is 0 Å². The van der Waals surface area contributed by atoms with Gasteiger partial charge in [-0.15, -0.1) is 15.8 Å². The first-order chi connectivity index (χ1) is 6.59. The summed E-state index contributed by atoms with van der Waals surface area (Å²) in [5.41, 5.74) is 0. The number of hydrogen-bond donors (Lipinski definition) is 0. The van der Waals surface area contributed by atoms with Crippen molar-refractivity contribution in [2.75, 3.05) is 54.2 Å². The van der Waals surface area contributed by atoms with Crippen LogP contribution in [0.1, 0.15) is 6.92 Å². The van der Waals surface area contributed by atoms with Crippen molar-refractivity contribution in [3.8, 4) is 0 Å². The maximum atomic E-state index is 5.46. The molecule has 0 rings (SSSR count). The van der Waals surface area contributed by atoms with Crippen molar-refractivity contribution in [2.24, 2.45) is 0 Å². The van der Waals surface area contributed by atoms with Crippen LogP contribution in [-0.4, -0.2) is 59.5 Å². The molecule has 0 unspecified atom stereocenters. The fourth-order valence-electron chi connectivity index (χ4n) is 0.0833. The van der Waals surface area contributed by atoms with Gasteiger partial charge >= 0.3 is 0 Å². The molecule has 16 heavy (non-hydrogen) atoms. The van der Waals surface area contributed by atoms with Gasteiger partial charge in [-0.1, -0.05) is 11.6 Å². The first kappa shape index (κ1) is 26.3. The molecule has 0 amide bonds. The van der Waals surface area contributed by atoms with Crippen molar-refractivity contribution in [2.45, 2.75) is 12.2 Å². The van der Waals surface area contributed by atoms with E-state index in [0.717, 1.165) is 0 Å². The van der Waals surface area contributed by atoms with E-state index in [1.54, 1.807) is 6.92 Å². The number of halogens is 1. The molecular formula is C10H27ClO2P2W. The standard InChI is InChI=1S/C4H9ClO2.2C3H9P.W/c1-4(5,6-2)7-3;2*1-4(2)3;/h1-3H3;2*1-3H3;. The molecule has 0 atom stereocenters. The Morgan fingerprint density at radius 2 is 0.938 bits per heavy atom. The molecule has 0 aliphatic rings. The van der Waals surface area contributed by atoms with Gasteiger partial charge in [-0.05, 0) is 40.0 Å². The third-order valence-electron chi connectivity index (χ3n) is 0.729. The van der Waals surface area contributed by atoms with Gasteiger partial charge in [-0.2, -0.15) is 0 Å². The summed E-state index contributed by atoms with van der Waals surface area (Å²) >= 11 is 5.46. The maximum absolute atomic E-state index is 5.46. The van der Waals surface area contributed by atoms with Gasteiger partial charge in [0.15, 0.2) is 0 Å². The Kier molecular flexibility index (Phi) is 27.6. The van der Waals surface area contributed by atoms with Gasteiger partial charge in [0.05, 0.1) is 0 Å². The summed E-state index contributed by atoms with van der Waals surface area (Å²) in [6.45, 7) is 15.0. The van der Waals surface area contributed by atoms with Crippen molar-refractivity contribution in [1.29, 1.82) is 0 Å². The molecule has 0 aliphatic carbocycles. The topological polar surface area (TPSA) is 18.5 Å². The van der Waals surface area contributed by atoms with E-state index >= 15 is 0 Å². The van der Waals surface area contributed by atoms with Crippen LogP contribution in [0, 0.1) is 0 Å². The average Bonchev–Trinajstić information content (AvgIpc) is 2.02. The SMILES string of the molecule is COC(C)(Cl)OC.CP(C)C.CP(C)C.[W]. The minimum Gasteiger partial charge on any atom is -0.341 e. The summed E-state index contributed by atoms with van der Waals surface area (Å²) in [6, 6.07) is 0. The van der Waals surface area contributed by atoms with Crippen LogP contribution >= 0.6 is 27.4 Å². The smallest absolute Gasteiger partial charge is 0.244 e. The van der Waals surface area contributed by atoms with Crippen LogP contribution in [-0.2, 0) is 30.5 Å². The Morgan fingerprint density at radius 3 is 0.938 bits per heavy atom. The minimum absolute atomic E-state index is 0. The molecule has 0 spiro atoms. The van der Waals surface area contributed by atoms with Gasteiger partial charge in [0.2, 0.25) is 5.25 Å². The Balaban J connectivity index is -0.0000000700. The Morgan fingerprint density at radius 1 is 0.812 bits per heavy atom. The van der Waals surface area contributed by atoms with Gasteiger partial charge in [-0.25, -0.2) is 0 Å². The molecule has 0 aliphatic heterocycles. The van der Waals surface area contributed by atoms with Gasteiger partial charge in [0.1, 0.15) is 0 Å². The quantitative estimate of drug-likeness (QED) is 0.354. The van der Waals surface area contributed by atoms with Gasteiger partial charge < -0.3 is 9.47 Å². The molecule has 0 bridgehead atoms. The molecule has 2 nitrogen and oxygen atoms in total. The Hall–Kier alpha value is 1.76. The molecule has 6 heteroatoms. The van der Waals surface area contributed by atoms with Crippen LogP contribution in [0.2, 0.25) is 0 Å². The van der Waals surface area contributed by atoms with Crippen LogP contribution in [0.5, 0.6) is 0 Å². The molecule has 0 saturated carbocycles. The van der Waals surface area contributed by atoms with E-state index in [9.17, 15) is 0 Å². The van der Waals surface area contributed by atoms with Crippen molar-refractivity contribution in [3.63, 3.8) is 0 Å². The van der Waals surface area contributed by atoms with Gasteiger partial charge in [0.25, 0.3) is 0 Å². The van der Waals surface area contributed by atoms with Crippen LogP contribution in [0.25, 0.3) is 0 Å². The van der Waals surface area contributed by atoms with Crippen molar-refractivity contribution < 1.29 is 30.5 Å². The summed E-state index contributed by atoms with van der Waals surface area (Å²) in [5.74, 6) is 0. The van der Waals surface area contributed by atoms with Crippen LogP contribution < -0.4 is 0 Å². The second kappa shape index (κ2) is 16.8. The molecule has 0 fully saturated rings. The zero-order valence-electron chi connectivity index (χ0n) is 12.0. The zero-order chi connectivity index (χ0) is 13.1. The molecule has 0 aromatic rings. The third-order valence-corrected chi connectivity index (χ3v) is 1.04. The largest absolute Gasteiger partial charge is 0.341 e. The molecule has 0 heterocycles. The summed E-state index contributed by atoms with van der Waals surface area (Å²) in [7, 11) is 3.72. The molecule has 0 aromatic carbocycles. The molecular weight excluding hydrogens is 433 g/mol. The molecule has 0 N–H and O–H groups in total. The number of methoxy groups -OCH3 is 2. The summed E-state index contributed by atoms with van der Waals surface area (Å²) in [4.78, 5) is 0. The number of rotatable bonds is 2. The predicted molar refractivity (Wildman–Crippen MR) is 77.7 cm³/mol. The van der Waals surface area contributed by atoms with E-state index in [1.165, 1.54) is 14.2 Å². The first-order valence-corrected chi connectivity index (χ1v) is 10.3. The van der Waals surface area contributed by atoms with Gasteiger partial charge in [0, 0.05) is 42.2 Å². The fraction of sp³-hybridized carbons (Fsp3) is 1.00. The van der Waals surface area contributed by atoms with Crippen LogP contribution in [0.3, 0.4) is 0 Å². The normalized spacial score (nSPS) is 9.75. The number of ether oxygens (including phenoxy) is 2. The Bertz CT molecular complexity index is 108. The summed E-state index contributed by atoms with van der Waals surface area (Å²) < 4.78 is 9.26. The number of alkyl halides is 1. The van der Waals surface area contributed by atoms with Crippen LogP contribution in [0.15, 0.2) is 0 Å². The zero-order valence-corrected chi connectivity index (χ0v) is 17.5. The predicted octanol–water partition coefficient (Wildman–Crippen LogP) is 3.90. The molecule has 0 saturated heterocycles. The second-order valence-corrected chi connectivity index (χ2v) is 9.98. The van der Waals surface area contributed by atoms with E-state index in [4.69, 9.17) is 11.6 Å². The monoisotopic (exact) mass is 460 g/mol. The second-order valence-electron chi connectivity index (χ2n) is 3.93. The average molecular weight is 461 g/mol. The minimum atomic E-state index is -0.944. The van der Waals surface area contributed by atoms with Gasteiger partial charge in [-0.3, -0.25) is 0 Å². The van der Waals surface area contributed by atoms with E-state index in [0.29, 0.717) is 15.8 Å². The Labute approximate surface area is 124 Å². The molecule has 0 aromatic heterocycles.